The van der Waals surface area contributed by atoms with Crippen LogP contribution in [0.5, 0.6) is 0 Å². The summed E-state index contributed by atoms with van der Waals surface area (Å²) in [5.74, 6) is -1.14. The third-order valence-corrected chi connectivity index (χ3v) is 5.20. The molecule has 0 radical (unpaired) electrons. The number of sulfonamides is 1. The van der Waals surface area contributed by atoms with Crippen LogP contribution in [0.4, 0.5) is 5.69 Å². The normalized spacial score (nSPS) is 11.6. The molecule has 2 aromatic carbocycles. The minimum Gasteiger partial charge on any atom is -0.455 e. The number of hydrogen-bond acceptors (Lipinski definition) is 5. The Bertz CT molecular complexity index is 1010. The Kier molecular flexibility index (Phi) is 8.32. The molecule has 2 aromatic rings. The lowest BCUT2D eigenvalue weighted by atomic mass is 10.0. The van der Waals surface area contributed by atoms with Crippen LogP contribution in [0, 0.1) is 6.92 Å². The van der Waals surface area contributed by atoms with Crippen LogP contribution in [-0.2, 0) is 24.3 Å². The van der Waals surface area contributed by atoms with Crippen LogP contribution in [0.1, 0.15) is 36.5 Å². The van der Waals surface area contributed by atoms with Gasteiger partial charge in [0, 0.05) is 11.1 Å². The lowest BCUT2D eigenvalue weighted by Crippen LogP contribution is -2.31. The van der Waals surface area contributed by atoms with Crippen molar-refractivity contribution in [2.75, 3.05) is 18.5 Å². The van der Waals surface area contributed by atoms with E-state index >= 15 is 0 Å². The minimum atomic E-state index is -3.82. The number of hydrogen-bond donors (Lipinski definition) is 2. The quantitative estimate of drug-likeness (QED) is 0.595. The average molecular weight is 431 g/mol. The van der Waals surface area contributed by atoms with Crippen LogP contribution in [0.2, 0.25) is 0 Å². The second kappa shape index (κ2) is 10.7. The van der Waals surface area contributed by atoms with Gasteiger partial charge < -0.3 is 10.1 Å². The summed E-state index contributed by atoms with van der Waals surface area (Å²) in [5, 5.41) is 3.67. The zero-order valence-electron chi connectivity index (χ0n) is 17.2. The van der Waals surface area contributed by atoms with Gasteiger partial charge in [-0.2, -0.15) is 0 Å². The molecule has 8 heteroatoms. The van der Waals surface area contributed by atoms with Crippen molar-refractivity contribution in [2.24, 2.45) is 0 Å². The number of nitrogens with one attached hydrogen (secondary N) is 2. The largest absolute Gasteiger partial charge is 0.455 e. The number of carbonyl (C=O) groups excluding carboxylic acids is 2. The molecule has 0 heterocycles. The maximum absolute atomic E-state index is 12.0. The summed E-state index contributed by atoms with van der Waals surface area (Å²) in [5.41, 5.74) is 3.39. The van der Waals surface area contributed by atoms with Crippen LogP contribution in [0.15, 0.2) is 53.9 Å². The van der Waals surface area contributed by atoms with Crippen molar-refractivity contribution in [1.82, 2.24) is 4.72 Å². The van der Waals surface area contributed by atoms with Gasteiger partial charge in [0.1, 0.15) is 6.54 Å². The van der Waals surface area contributed by atoms with Crippen LogP contribution >= 0.6 is 0 Å². The maximum atomic E-state index is 12.0. The SMILES string of the molecule is Cc1ccc(/C=C/S(=O)(=O)NCC(=O)OCC(=O)Nc2ccccc2C(C)C)cc1. The molecule has 0 aromatic heterocycles. The van der Waals surface area contributed by atoms with Crippen molar-refractivity contribution in [3.8, 4) is 0 Å². The van der Waals surface area contributed by atoms with Gasteiger partial charge in [0.15, 0.2) is 6.61 Å². The predicted octanol–water partition coefficient (Wildman–Crippen LogP) is 3.19. The lowest BCUT2D eigenvalue weighted by Gasteiger charge is -2.13. The number of ether oxygens (including phenoxy) is 1. The Morgan fingerprint density at radius 1 is 1.07 bits per heavy atom. The molecule has 0 aliphatic carbocycles. The molecule has 160 valence electrons. The van der Waals surface area contributed by atoms with Crippen molar-refractivity contribution < 1.29 is 22.7 Å². The first kappa shape index (κ1) is 23.3. The van der Waals surface area contributed by atoms with Crippen LogP contribution in [0.3, 0.4) is 0 Å². The predicted molar refractivity (Wildman–Crippen MR) is 117 cm³/mol. The van der Waals surface area contributed by atoms with Gasteiger partial charge >= 0.3 is 5.97 Å². The van der Waals surface area contributed by atoms with Crippen LogP contribution in [-0.4, -0.2) is 33.4 Å². The zero-order chi connectivity index (χ0) is 22.1. The number of anilines is 1. The molecule has 7 nitrogen and oxygen atoms in total. The van der Waals surface area contributed by atoms with Crippen LogP contribution in [0.25, 0.3) is 6.08 Å². The molecule has 0 unspecified atom stereocenters. The van der Waals surface area contributed by atoms with Gasteiger partial charge in [-0.1, -0.05) is 61.9 Å². The van der Waals surface area contributed by atoms with E-state index in [2.05, 4.69) is 10.0 Å². The van der Waals surface area contributed by atoms with Gasteiger partial charge in [0.2, 0.25) is 10.0 Å². The Hall–Kier alpha value is -2.97. The number of para-hydroxylation sites is 1. The summed E-state index contributed by atoms with van der Waals surface area (Å²) < 4.78 is 30.9. The van der Waals surface area contributed by atoms with E-state index in [1.807, 2.05) is 45.0 Å². The number of rotatable bonds is 9. The van der Waals surface area contributed by atoms with Crippen LogP contribution < -0.4 is 10.0 Å². The topological polar surface area (TPSA) is 102 Å². The van der Waals surface area contributed by atoms with Gasteiger partial charge in [0.05, 0.1) is 0 Å². The summed E-state index contributed by atoms with van der Waals surface area (Å²) in [6.45, 7) is 4.86. The second-order valence-corrected chi connectivity index (χ2v) is 8.68. The van der Waals surface area contributed by atoms with E-state index in [-0.39, 0.29) is 5.92 Å². The molecule has 1 amide bonds. The molecule has 2 N–H and O–H groups in total. The average Bonchev–Trinajstić information content (AvgIpc) is 2.71. The second-order valence-electron chi connectivity index (χ2n) is 7.03. The highest BCUT2D eigenvalue weighted by Gasteiger charge is 2.13. The smallest absolute Gasteiger partial charge is 0.321 e. The van der Waals surface area contributed by atoms with Gasteiger partial charge in [-0.15, -0.1) is 0 Å². The molecule has 2 rings (SSSR count). The van der Waals surface area contributed by atoms with Crippen molar-refractivity contribution in [3.05, 3.63) is 70.6 Å². The van der Waals surface area contributed by atoms with Crippen molar-refractivity contribution in [3.63, 3.8) is 0 Å². The first-order chi connectivity index (χ1) is 14.2. The number of amides is 1. The fraction of sp³-hybridized carbons (Fsp3) is 0.273. The third-order valence-electron chi connectivity index (χ3n) is 4.16. The molecule has 0 aliphatic heterocycles. The van der Waals surface area contributed by atoms with Gasteiger partial charge in [-0.25, -0.2) is 13.1 Å². The van der Waals surface area contributed by atoms with E-state index in [0.717, 1.165) is 16.5 Å². The molecule has 0 saturated carbocycles. The summed E-state index contributed by atoms with van der Waals surface area (Å²) in [6, 6.07) is 14.6. The number of aryl methyl sites for hydroxylation is 1. The van der Waals surface area contributed by atoms with E-state index in [0.29, 0.717) is 11.3 Å². The van der Waals surface area contributed by atoms with E-state index in [1.54, 1.807) is 24.3 Å². The Balaban J connectivity index is 1.80. The van der Waals surface area contributed by atoms with Crippen molar-refractivity contribution >= 4 is 33.7 Å². The number of carbonyl (C=O) groups is 2. The fourth-order valence-electron chi connectivity index (χ4n) is 2.55. The molecule has 0 aliphatic rings. The molecule has 30 heavy (non-hydrogen) atoms. The maximum Gasteiger partial charge on any atom is 0.321 e. The standard InChI is InChI=1S/C22H26N2O5S/c1-16(2)19-6-4-5-7-20(19)24-21(25)15-29-22(26)14-23-30(27,28)13-12-18-10-8-17(3)9-11-18/h4-13,16,23H,14-15H2,1-3H3,(H,24,25)/b13-12+. The molecular formula is C22H26N2O5S. The third kappa shape index (κ3) is 7.81. The highest BCUT2D eigenvalue weighted by atomic mass is 32.2. The lowest BCUT2D eigenvalue weighted by molar-refractivity contribution is -0.146. The van der Waals surface area contributed by atoms with E-state index in [4.69, 9.17) is 4.74 Å². The van der Waals surface area contributed by atoms with Crippen molar-refractivity contribution in [1.29, 1.82) is 0 Å². The Morgan fingerprint density at radius 3 is 2.40 bits per heavy atom. The minimum absolute atomic E-state index is 0.214. The molecule has 0 atom stereocenters. The fourth-order valence-corrected chi connectivity index (χ4v) is 3.30. The summed E-state index contributed by atoms with van der Waals surface area (Å²) in [7, 11) is -3.82. The Labute approximate surface area is 177 Å². The Morgan fingerprint density at radius 2 is 1.73 bits per heavy atom. The molecule has 0 fully saturated rings. The van der Waals surface area contributed by atoms with E-state index < -0.39 is 35.1 Å². The van der Waals surface area contributed by atoms with Gasteiger partial charge in [-0.05, 0) is 36.1 Å². The van der Waals surface area contributed by atoms with Gasteiger partial charge in [0.25, 0.3) is 5.91 Å². The number of benzene rings is 2. The first-order valence-corrected chi connectivity index (χ1v) is 11.0. The highest BCUT2D eigenvalue weighted by molar-refractivity contribution is 7.92. The zero-order valence-corrected chi connectivity index (χ0v) is 18.0. The molecular weight excluding hydrogens is 404 g/mol. The monoisotopic (exact) mass is 430 g/mol. The highest BCUT2D eigenvalue weighted by Crippen LogP contribution is 2.23. The first-order valence-electron chi connectivity index (χ1n) is 9.45. The summed E-state index contributed by atoms with van der Waals surface area (Å²) in [6.07, 6.45) is 1.42. The molecule has 0 bridgehead atoms. The summed E-state index contributed by atoms with van der Waals surface area (Å²) >= 11 is 0. The van der Waals surface area contributed by atoms with E-state index in [9.17, 15) is 18.0 Å². The summed E-state index contributed by atoms with van der Waals surface area (Å²) in [4.78, 5) is 23.8. The number of esters is 1. The van der Waals surface area contributed by atoms with Gasteiger partial charge in [-0.3, -0.25) is 9.59 Å². The molecule has 0 saturated heterocycles. The van der Waals surface area contributed by atoms with Crippen molar-refractivity contribution in [2.45, 2.75) is 26.7 Å². The van der Waals surface area contributed by atoms with E-state index in [1.165, 1.54) is 6.08 Å². The molecule has 0 spiro atoms.